The van der Waals surface area contributed by atoms with E-state index in [-0.39, 0.29) is 22.2 Å². The first-order valence-corrected chi connectivity index (χ1v) is 10.8. The topological polar surface area (TPSA) is 102 Å². The third-order valence-electron chi connectivity index (χ3n) is 5.46. The molecular weight excluding hydrogens is 374 g/mol. The number of aliphatic hydroxyl groups excluding tert-OH is 1. The molecule has 0 aromatic rings. The van der Waals surface area contributed by atoms with Crippen LogP contribution in [0.5, 0.6) is 0 Å². The number of aliphatic imine (C=N–C) groups is 1. The van der Waals surface area contributed by atoms with E-state index in [1.807, 2.05) is 0 Å². The van der Waals surface area contributed by atoms with E-state index in [0.29, 0.717) is 16.7 Å². The van der Waals surface area contributed by atoms with Crippen molar-refractivity contribution in [3.63, 3.8) is 0 Å². The van der Waals surface area contributed by atoms with E-state index in [4.69, 9.17) is 4.99 Å². The van der Waals surface area contributed by atoms with Crippen molar-refractivity contribution in [2.75, 3.05) is 13.1 Å². The Kier molecular flexibility index (Phi) is 4.96. The molecule has 4 atom stereocenters. The maximum absolute atomic E-state index is 12.2. The lowest BCUT2D eigenvalue weighted by molar-refractivity contribution is -0.156. The van der Waals surface area contributed by atoms with Gasteiger partial charge in [-0.3, -0.25) is 14.7 Å². The second-order valence-electron chi connectivity index (χ2n) is 7.25. The molecule has 3 aliphatic heterocycles. The van der Waals surface area contributed by atoms with Crippen LogP contribution in [0.3, 0.4) is 0 Å². The first-order valence-electron chi connectivity index (χ1n) is 9.07. The van der Waals surface area contributed by atoms with E-state index in [0.717, 1.165) is 12.4 Å². The Labute approximate surface area is 160 Å². The number of amidine groups is 1. The molecular formula is C17H23N3O4S2. The van der Waals surface area contributed by atoms with Crippen LogP contribution in [0, 0.1) is 11.8 Å². The van der Waals surface area contributed by atoms with Gasteiger partial charge in [0.25, 0.3) is 0 Å². The van der Waals surface area contributed by atoms with Crippen LogP contribution in [0.4, 0.5) is 0 Å². The number of thioether (sulfide) groups is 2. The zero-order chi connectivity index (χ0) is 18.4. The normalized spacial score (nSPS) is 32.8. The zero-order valence-electron chi connectivity index (χ0n) is 14.6. The van der Waals surface area contributed by atoms with Gasteiger partial charge in [0, 0.05) is 17.7 Å². The van der Waals surface area contributed by atoms with Crippen molar-refractivity contribution < 1.29 is 19.8 Å². The quantitative estimate of drug-likeness (QED) is 0.603. The number of aliphatic carboxylic acids is 1. The van der Waals surface area contributed by atoms with Gasteiger partial charge in [0.15, 0.2) is 5.70 Å². The van der Waals surface area contributed by atoms with Crippen molar-refractivity contribution >= 4 is 41.2 Å². The van der Waals surface area contributed by atoms with Crippen molar-refractivity contribution in [2.45, 2.75) is 49.3 Å². The highest BCUT2D eigenvalue weighted by atomic mass is 32.2. The number of β-lactam (4-membered cyclic amide) rings is 1. The summed E-state index contributed by atoms with van der Waals surface area (Å²) in [6.45, 7) is 3.00. The van der Waals surface area contributed by atoms with Gasteiger partial charge in [-0.05, 0) is 19.8 Å². The number of nitrogens with zero attached hydrogens (tertiary/aromatic N) is 2. The number of nitrogens with one attached hydrogen (secondary N) is 1. The number of carbonyl (C=O) groups excluding carboxylic acids is 1. The highest BCUT2D eigenvalue weighted by molar-refractivity contribution is 8.23. The van der Waals surface area contributed by atoms with Gasteiger partial charge < -0.3 is 15.5 Å². The highest BCUT2D eigenvalue weighted by Crippen LogP contribution is 2.54. The van der Waals surface area contributed by atoms with Crippen molar-refractivity contribution in [3.05, 3.63) is 9.93 Å². The summed E-state index contributed by atoms with van der Waals surface area (Å²) in [5, 5.41) is 22.7. The monoisotopic (exact) mass is 397 g/mol. The van der Waals surface area contributed by atoms with Crippen molar-refractivity contribution in [1.82, 2.24) is 10.2 Å². The Hall–Kier alpha value is -1.19. The number of amides is 1. The second kappa shape index (κ2) is 7.09. The van der Waals surface area contributed by atoms with Crippen LogP contribution in [0.2, 0.25) is 0 Å². The number of aliphatic hydroxyl groups is 1. The van der Waals surface area contributed by atoms with E-state index < -0.39 is 18.0 Å². The number of rotatable bonds is 5. The van der Waals surface area contributed by atoms with Gasteiger partial charge in [0.1, 0.15) is 5.37 Å². The van der Waals surface area contributed by atoms with E-state index in [2.05, 4.69) is 5.32 Å². The van der Waals surface area contributed by atoms with Crippen LogP contribution in [-0.4, -0.2) is 62.6 Å². The molecule has 0 bridgehead atoms. The smallest absolute Gasteiger partial charge is 0.354 e. The number of carboxylic acids is 1. The van der Waals surface area contributed by atoms with Crippen molar-refractivity contribution in [3.8, 4) is 0 Å². The number of fused-ring (bicyclic) bond motifs is 1. The van der Waals surface area contributed by atoms with Gasteiger partial charge in [0.05, 0.1) is 28.6 Å². The Balaban J connectivity index is 1.45. The maximum atomic E-state index is 12.2. The Morgan fingerprint density at radius 2 is 2.15 bits per heavy atom. The number of carboxylic acid groups (broad SMARTS) is 1. The molecule has 0 spiro atoms. The van der Waals surface area contributed by atoms with E-state index in [1.54, 1.807) is 6.92 Å². The summed E-state index contributed by atoms with van der Waals surface area (Å²) in [6, 6.07) is 0. The van der Waals surface area contributed by atoms with Gasteiger partial charge in [-0.15, -0.1) is 11.8 Å². The fourth-order valence-corrected chi connectivity index (χ4v) is 7.24. The first-order chi connectivity index (χ1) is 12.5. The molecule has 1 saturated carbocycles. The van der Waals surface area contributed by atoms with Crippen LogP contribution < -0.4 is 5.32 Å². The summed E-state index contributed by atoms with van der Waals surface area (Å²) >= 11 is 2.88. The summed E-state index contributed by atoms with van der Waals surface area (Å²) in [6.07, 6.45) is 4.17. The molecule has 0 aromatic carbocycles. The van der Waals surface area contributed by atoms with Crippen LogP contribution in [0.15, 0.2) is 14.9 Å². The van der Waals surface area contributed by atoms with Gasteiger partial charge in [0.2, 0.25) is 5.91 Å². The van der Waals surface area contributed by atoms with Crippen LogP contribution in [-0.2, 0) is 9.59 Å². The lowest BCUT2D eigenvalue weighted by Crippen LogP contribution is -2.60. The summed E-state index contributed by atoms with van der Waals surface area (Å²) < 4.78 is 0.658. The SMILES string of the molecule is CC(O)C1C(=O)N2C(C(=O)O)=C(SC3CN=C(C4CCCC4)NC3)S[C@@H]12. The van der Waals surface area contributed by atoms with Crippen LogP contribution in [0.25, 0.3) is 0 Å². The second-order valence-corrected chi connectivity index (χ2v) is 9.95. The van der Waals surface area contributed by atoms with Gasteiger partial charge in [-0.2, -0.15) is 0 Å². The molecule has 1 amide bonds. The molecule has 7 nitrogen and oxygen atoms in total. The van der Waals surface area contributed by atoms with Gasteiger partial charge >= 0.3 is 5.97 Å². The molecule has 4 aliphatic rings. The third-order valence-corrected chi connectivity index (χ3v) is 8.25. The fourth-order valence-electron chi connectivity index (χ4n) is 4.07. The summed E-state index contributed by atoms with van der Waals surface area (Å²) in [5.41, 5.74) is 0.0671. The Morgan fingerprint density at radius 3 is 2.73 bits per heavy atom. The largest absolute Gasteiger partial charge is 0.477 e. The first kappa shape index (κ1) is 18.2. The Bertz CT molecular complexity index is 687. The molecule has 3 heterocycles. The highest BCUT2D eigenvalue weighted by Gasteiger charge is 2.58. The molecule has 1 aliphatic carbocycles. The molecule has 0 radical (unpaired) electrons. The van der Waals surface area contributed by atoms with Crippen molar-refractivity contribution in [2.24, 2.45) is 16.8 Å². The molecule has 4 rings (SSSR count). The summed E-state index contributed by atoms with van der Waals surface area (Å²) in [7, 11) is 0. The summed E-state index contributed by atoms with van der Waals surface area (Å²) in [4.78, 5) is 30.0. The molecule has 3 unspecified atom stereocenters. The van der Waals surface area contributed by atoms with E-state index in [1.165, 1.54) is 54.1 Å². The molecule has 26 heavy (non-hydrogen) atoms. The lowest BCUT2D eigenvalue weighted by atomic mass is 9.92. The Morgan fingerprint density at radius 1 is 1.42 bits per heavy atom. The average molecular weight is 398 g/mol. The summed E-state index contributed by atoms with van der Waals surface area (Å²) in [5.74, 6) is -0.238. The van der Waals surface area contributed by atoms with E-state index >= 15 is 0 Å². The molecule has 9 heteroatoms. The minimum absolute atomic E-state index is 0.0671. The van der Waals surface area contributed by atoms with E-state index in [9.17, 15) is 19.8 Å². The van der Waals surface area contributed by atoms with Gasteiger partial charge in [-0.25, -0.2) is 4.79 Å². The molecule has 142 valence electrons. The third kappa shape index (κ3) is 3.03. The number of carbonyl (C=O) groups is 2. The minimum Gasteiger partial charge on any atom is -0.477 e. The molecule has 1 saturated heterocycles. The fraction of sp³-hybridized carbons (Fsp3) is 0.706. The number of hydrogen-bond donors (Lipinski definition) is 3. The predicted octanol–water partition coefficient (Wildman–Crippen LogP) is 1.45. The molecule has 0 aromatic heterocycles. The lowest BCUT2D eigenvalue weighted by Gasteiger charge is -2.43. The number of hydrogen-bond acceptors (Lipinski definition) is 7. The zero-order valence-corrected chi connectivity index (χ0v) is 16.2. The van der Waals surface area contributed by atoms with Crippen molar-refractivity contribution in [1.29, 1.82) is 0 Å². The van der Waals surface area contributed by atoms with Crippen LogP contribution in [0.1, 0.15) is 32.6 Å². The molecule has 2 fully saturated rings. The molecule has 3 N–H and O–H groups in total. The maximum Gasteiger partial charge on any atom is 0.354 e. The predicted molar refractivity (Wildman–Crippen MR) is 102 cm³/mol. The van der Waals surface area contributed by atoms with Crippen LogP contribution >= 0.6 is 23.5 Å². The van der Waals surface area contributed by atoms with Gasteiger partial charge in [-0.1, -0.05) is 24.6 Å². The average Bonchev–Trinajstić information content (AvgIpc) is 3.22. The minimum atomic E-state index is -1.08. The standard InChI is InChI=1S/C17H23N3O4S2/c1-8(21)11-14(22)20-12(16(23)24)17(26-15(11)20)25-10-6-18-13(19-7-10)9-4-2-3-5-9/h8-11,15,21H,2-7H2,1H3,(H,18,19)(H,23,24)/t8?,11?,15-/m0/s1.